The van der Waals surface area contributed by atoms with Crippen molar-refractivity contribution in [3.63, 3.8) is 0 Å². The normalized spacial score (nSPS) is 17.4. The van der Waals surface area contributed by atoms with E-state index in [1.165, 1.54) is 0 Å². The van der Waals surface area contributed by atoms with E-state index in [1.807, 2.05) is 67.6 Å². The molecule has 0 unspecified atom stereocenters. The first-order valence-electron chi connectivity index (χ1n) is 11.3. The van der Waals surface area contributed by atoms with Crippen molar-refractivity contribution in [1.82, 2.24) is 19.9 Å². The highest BCUT2D eigenvalue weighted by Crippen LogP contribution is 2.59. The van der Waals surface area contributed by atoms with Crippen molar-refractivity contribution in [3.8, 4) is 34.0 Å². The highest BCUT2D eigenvalue weighted by molar-refractivity contribution is 5.67. The molecule has 0 N–H and O–H groups in total. The quantitative estimate of drug-likeness (QED) is 0.341. The fourth-order valence-electron chi connectivity index (χ4n) is 4.91. The number of hydrogen-bond acceptors (Lipinski definition) is 4. The largest absolute Gasteiger partial charge is 0.266 e. The predicted molar refractivity (Wildman–Crippen MR) is 130 cm³/mol. The van der Waals surface area contributed by atoms with Gasteiger partial charge in [-0.05, 0) is 63.9 Å². The number of nitrogens with zero attached hydrogens (tertiary/aromatic N) is 4. The van der Waals surface area contributed by atoms with Crippen LogP contribution in [0.3, 0.4) is 0 Å². The maximum Gasteiger partial charge on any atom is 0.266 e. The van der Waals surface area contributed by atoms with Crippen LogP contribution in [0.4, 0.5) is 8.78 Å². The minimum absolute atomic E-state index is 0.543. The second-order valence-electron chi connectivity index (χ2n) is 9.91. The molecule has 2 heterocycles. The Balaban J connectivity index is 1.51. The van der Waals surface area contributed by atoms with Crippen LogP contribution >= 0.6 is 0 Å². The van der Waals surface area contributed by atoms with Crippen LogP contribution < -0.4 is 0 Å². The van der Waals surface area contributed by atoms with Gasteiger partial charge in [0, 0.05) is 22.9 Å². The smallest absolute Gasteiger partial charge is 0.255 e. The summed E-state index contributed by atoms with van der Waals surface area (Å²) in [4.78, 5) is 18.2. The molecule has 172 valence electrons. The van der Waals surface area contributed by atoms with Gasteiger partial charge in [0.15, 0.2) is 11.6 Å². The maximum absolute atomic E-state index is 15.2. The highest BCUT2D eigenvalue weighted by atomic mass is 19.3. The van der Waals surface area contributed by atoms with Crippen molar-refractivity contribution in [2.24, 2.45) is 0 Å². The lowest BCUT2D eigenvalue weighted by Gasteiger charge is -2.35. The predicted octanol–water partition coefficient (Wildman–Crippen LogP) is 6.78. The van der Waals surface area contributed by atoms with Crippen LogP contribution in [0, 0.1) is 6.92 Å². The summed E-state index contributed by atoms with van der Waals surface area (Å²) < 4.78 is 30.4. The summed E-state index contributed by atoms with van der Waals surface area (Å²) in [7, 11) is 0. The Morgan fingerprint density at radius 3 is 1.91 bits per heavy atom. The van der Waals surface area contributed by atoms with Gasteiger partial charge in [-0.15, -0.1) is 0 Å². The average Bonchev–Trinajstić information content (AvgIpc) is 2.93. The van der Waals surface area contributed by atoms with Crippen molar-refractivity contribution >= 4 is 0 Å². The van der Waals surface area contributed by atoms with Gasteiger partial charge in [-0.3, -0.25) is 4.98 Å². The number of hydrogen-bond donors (Lipinski definition) is 0. The number of pyridine rings is 1. The fourth-order valence-corrected chi connectivity index (χ4v) is 4.91. The van der Waals surface area contributed by atoms with E-state index in [0.717, 1.165) is 16.7 Å². The first kappa shape index (κ1) is 22.3. The van der Waals surface area contributed by atoms with Gasteiger partial charge >= 0.3 is 0 Å². The van der Waals surface area contributed by atoms with Crippen molar-refractivity contribution < 1.29 is 8.78 Å². The van der Waals surface area contributed by atoms with E-state index < -0.39 is 16.8 Å². The highest BCUT2D eigenvalue weighted by Gasteiger charge is 2.65. The average molecular weight is 457 g/mol. The summed E-state index contributed by atoms with van der Waals surface area (Å²) in [6.07, 6.45) is 1.72. The van der Waals surface area contributed by atoms with Gasteiger partial charge in [-0.1, -0.05) is 42.5 Å². The molecule has 6 heteroatoms. The van der Waals surface area contributed by atoms with Gasteiger partial charge in [-0.2, -0.15) is 0 Å². The minimum Gasteiger partial charge on any atom is -0.255 e. The Morgan fingerprint density at radius 1 is 0.647 bits per heavy atom. The van der Waals surface area contributed by atoms with Crippen LogP contribution in [-0.4, -0.2) is 25.9 Å². The molecule has 1 aliphatic carbocycles. The number of fused-ring (bicyclic) bond motifs is 1. The zero-order valence-corrected chi connectivity index (χ0v) is 19.9. The van der Waals surface area contributed by atoms with E-state index in [4.69, 9.17) is 0 Å². The molecule has 5 rings (SSSR count). The molecule has 0 radical (unpaired) electrons. The van der Waals surface area contributed by atoms with E-state index in [2.05, 4.69) is 19.9 Å². The molecular formula is C28H26F2N4. The van der Waals surface area contributed by atoms with Gasteiger partial charge in [0.1, 0.15) is 5.82 Å². The van der Waals surface area contributed by atoms with E-state index >= 15 is 8.78 Å². The Morgan fingerprint density at radius 2 is 1.26 bits per heavy atom. The number of benzene rings is 2. The maximum atomic E-state index is 15.2. The lowest BCUT2D eigenvalue weighted by molar-refractivity contribution is -0.105. The summed E-state index contributed by atoms with van der Waals surface area (Å²) in [6.45, 7) is 8.31. The van der Waals surface area contributed by atoms with Crippen LogP contribution in [0.25, 0.3) is 34.0 Å². The van der Waals surface area contributed by atoms with E-state index in [9.17, 15) is 0 Å². The molecule has 4 nitrogen and oxygen atoms in total. The third-order valence-corrected chi connectivity index (χ3v) is 7.03. The molecule has 2 aromatic carbocycles. The molecule has 34 heavy (non-hydrogen) atoms. The molecule has 0 spiro atoms. The van der Waals surface area contributed by atoms with Crippen molar-refractivity contribution in [1.29, 1.82) is 0 Å². The Bertz CT molecular complexity index is 1380. The first-order valence-corrected chi connectivity index (χ1v) is 11.3. The Labute approximate surface area is 198 Å². The summed E-state index contributed by atoms with van der Waals surface area (Å²) >= 11 is 0. The zero-order valence-electron chi connectivity index (χ0n) is 19.9. The van der Waals surface area contributed by atoms with Crippen molar-refractivity contribution in [3.05, 3.63) is 83.8 Å². The third kappa shape index (κ3) is 3.23. The fraction of sp³-hybridized carbons (Fsp3) is 0.286. The monoisotopic (exact) mass is 456 g/mol. The Hall–Kier alpha value is -3.54. The van der Waals surface area contributed by atoms with Crippen LogP contribution in [-0.2, 0) is 10.8 Å². The van der Waals surface area contributed by atoms with Crippen molar-refractivity contribution in [2.75, 3.05) is 0 Å². The SMILES string of the molecule is Cc1nc(-c2ccccc2)nc(-c2ccc(-c3ccc4c(c3)C(C)(C)C(F)(F)C4(C)C)nc2)n1. The molecule has 0 atom stereocenters. The second-order valence-corrected chi connectivity index (χ2v) is 9.91. The number of aromatic nitrogens is 4. The summed E-state index contributed by atoms with van der Waals surface area (Å²) in [5.41, 5.74) is 2.07. The zero-order chi connectivity index (χ0) is 24.3. The lowest BCUT2D eigenvalue weighted by Crippen LogP contribution is -2.46. The molecule has 0 amide bonds. The van der Waals surface area contributed by atoms with E-state index in [0.29, 0.717) is 34.3 Å². The molecule has 0 aliphatic heterocycles. The van der Waals surface area contributed by atoms with Gasteiger partial charge in [0.05, 0.1) is 16.5 Å². The molecule has 0 saturated carbocycles. The van der Waals surface area contributed by atoms with E-state index in [-0.39, 0.29) is 0 Å². The van der Waals surface area contributed by atoms with Gasteiger partial charge in [0.25, 0.3) is 5.92 Å². The van der Waals surface area contributed by atoms with Gasteiger partial charge < -0.3 is 0 Å². The molecule has 4 aromatic rings. The van der Waals surface area contributed by atoms with Gasteiger partial charge in [-0.25, -0.2) is 23.7 Å². The first-order chi connectivity index (χ1) is 16.0. The topological polar surface area (TPSA) is 51.6 Å². The van der Waals surface area contributed by atoms with E-state index in [1.54, 1.807) is 33.9 Å². The van der Waals surface area contributed by atoms with Crippen molar-refractivity contribution in [2.45, 2.75) is 51.4 Å². The van der Waals surface area contributed by atoms with Gasteiger partial charge in [0.2, 0.25) is 0 Å². The summed E-state index contributed by atoms with van der Waals surface area (Å²) in [6, 6.07) is 19.1. The van der Waals surface area contributed by atoms with Crippen LogP contribution in [0.1, 0.15) is 44.6 Å². The number of rotatable bonds is 3. The summed E-state index contributed by atoms with van der Waals surface area (Å²) in [5.74, 6) is -1.08. The molecule has 0 bridgehead atoms. The molecule has 1 aliphatic rings. The summed E-state index contributed by atoms with van der Waals surface area (Å²) in [5, 5.41) is 0. The standard InChI is InChI=1S/C28H26F2N4/c1-17-32-24(18-9-7-6-8-10-18)34-25(33-17)20-12-14-23(31-16-20)19-11-13-21-22(15-19)27(4,5)28(29,30)26(21,2)3/h6-16H,1-5H3. The molecule has 0 fully saturated rings. The second kappa shape index (κ2) is 7.49. The van der Waals surface area contributed by atoms with Crippen LogP contribution in [0.15, 0.2) is 66.9 Å². The molecule has 2 aromatic heterocycles. The molecule has 0 saturated heterocycles. The third-order valence-electron chi connectivity index (χ3n) is 7.03. The Kier molecular flexibility index (Phi) is 4.90. The van der Waals surface area contributed by atoms with Crippen LogP contribution in [0.2, 0.25) is 0 Å². The lowest BCUT2D eigenvalue weighted by atomic mass is 9.77. The number of aryl methyl sites for hydroxylation is 1. The molecular weight excluding hydrogens is 430 g/mol. The minimum atomic E-state index is -2.86. The number of alkyl halides is 2. The number of halogens is 2. The van der Waals surface area contributed by atoms with Crippen LogP contribution in [0.5, 0.6) is 0 Å².